The van der Waals surface area contributed by atoms with Crippen LogP contribution in [0, 0.1) is 0 Å². The van der Waals surface area contributed by atoms with Crippen molar-refractivity contribution in [2.75, 3.05) is 0 Å². The lowest BCUT2D eigenvalue weighted by atomic mass is 9.84. The third-order valence-electron chi connectivity index (χ3n) is 2.55. The molecule has 0 aliphatic carbocycles. The van der Waals surface area contributed by atoms with Crippen LogP contribution in [0.3, 0.4) is 0 Å². The summed E-state index contributed by atoms with van der Waals surface area (Å²) in [4.78, 5) is 4.06. The second kappa shape index (κ2) is 4.97. The van der Waals surface area contributed by atoms with Crippen molar-refractivity contribution < 1.29 is 0 Å². The molecule has 13 heavy (non-hydrogen) atoms. The van der Waals surface area contributed by atoms with Crippen molar-refractivity contribution in [3.8, 4) is 0 Å². The van der Waals surface area contributed by atoms with Gasteiger partial charge < -0.3 is 5.73 Å². The molecule has 0 radical (unpaired) electrons. The third-order valence-corrected chi connectivity index (χ3v) is 2.55. The molecule has 0 aliphatic heterocycles. The van der Waals surface area contributed by atoms with E-state index in [0.29, 0.717) is 0 Å². The molecule has 2 nitrogen and oxygen atoms in total. The van der Waals surface area contributed by atoms with Crippen LogP contribution in [-0.4, -0.2) is 18.3 Å². The number of hydrogen-bond donors (Lipinski definition) is 1. The van der Waals surface area contributed by atoms with Gasteiger partial charge in [0.2, 0.25) is 0 Å². The first-order valence-electron chi connectivity index (χ1n) is 4.58. The van der Waals surface area contributed by atoms with E-state index in [1.54, 1.807) is 6.08 Å². The number of hydrogen-bond acceptors (Lipinski definition) is 2. The van der Waals surface area contributed by atoms with Crippen LogP contribution in [0.5, 0.6) is 0 Å². The minimum Gasteiger partial charge on any atom is -0.325 e. The highest BCUT2D eigenvalue weighted by Crippen LogP contribution is 2.25. The summed E-state index contributed by atoms with van der Waals surface area (Å²) in [6.07, 6.45) is 3.66. The van der Waals surface area contributed by atoms with Crippen LogP contribution in [0.15, 0.2) is 29.8 Å². The standard InChI is InChI=1S/C11H20N2/c1-6-8-10(12)11(4,13-5)9(3)7-2/h7,10H,2-3,5-6,8,12H2,1,4H3/t10-,11?/m1/s1. The fourth-order valence-corrected chi connectivity index (χ4v) is 1.26. The summed E-state index contributed by atoms with van der Waals surface area (Å²) in [6.45, 7) is 15.2. The highest BCUT2D eigenvalue weighted by Gasteiger charge is 2.31. The van der Waals surface area contributed by atoms with Gasteiger partial charge in [-0.2, -0.15) is 0 Å². The molecule has 0 fully saturated rings. The van der Waals surface area contributed by atoms with E-state index in [1.165, 1.54) is 0 Å². The Balaban J connectivity index is 4.70. The molecule has 0 bridgehead atoms. The Morgan fingerprint density at radius 1 is 1.69 bits per heavy atom. The predicted molar refractivity (Wildman–Crippen MR) is 60.2 cm³/mol. The van der Waals surface area contributed by atoms with Gasteiger partial charge in [0.1, 0.15) is 0 Å². The summed E-state index contributed by atoms with van der Waals surface area (Å²) in [7, 11) is 0. The second-order valence-corrected chi connectivity index (χ2v) is 3.43. The summed E-state index contributed by atoms with van der Waals surface area (Å²) in [6, 6.07) is -0.0273. The molecule has 0 aromatic heterocycles. The van der Waals surface area contributed by atoms with Crippen molar-refractivity contribution in [2.45, 2.75) is 38.3 Å². The minimum absolute atomic E-state index is 0.0273. The fraction of sp³-hybridized carbons (Fsp3) is 0.545. The number of aliphatic imine (C=N–C) groups is 1. The van der Waals surface area contributed by atoms with E-state index in [-0.39, 0.29) is 6.04 Å². The van der Waals surface area contributed by atoms with Crippen LogP contribution in [0.4, 0.5) is 0 Å². The smallest absolute Gasteiger partial charge is 0.0965 e. The molecule has 0 aromatic rings. The van der Waals surface area contributed by atoms with E-state index in [0.717, 1.165) is 18.4 Å². The number of rotatable bonds is 6. The van der Waals surface area contributed by atoms with E-state index in [9.17, 15) is 0 Å². The van der Waals surface area contributed by atoms with Crippen molar-refractivity contribution >= 4 is 6.72 Å². The monoisotopic (exact) mass is 180 g/mol. The van der Waals surface area contributed by atoms with Crippen LogP contribution < -0.4 is 5.73 Å². The predicted octanol–water partition coefficient (Wildman–Crippen LogP) is 2.32. The maximum atomic E-state index is 6.01. The van der Waals surface area contributed by atoms with Crippen LogP contribution in [0.1, 0.15) is 26.7 Å². The average molecular weight is 180 g/mol. The summed E-state index contributed by atoms with van der Waals surface area (Å²) in [5, 5.41) is 0. The van der Waals surface area contributed by atoms with E-state index in [1.807, 2.05) is 6.92 Å². The molecular formula is C11H20N2. The van der Waals surface area contributed by atoms with Gasteiger partial charge in [0.05, 0.1) is 5.54 Å². The lowest BCUT2D eigenvalue weighted by Gasteiger charge is -2.32. The van der Waals surface area contributed by atoms with Crippen LogP contribution in [0.2, 0.25) is 0 Å². The molecular weight excluding hydrogens is 160 g/mol. The summed E-state index contributed by atoms with van der Waals surface area (Å²) in [5.41, 5.74) is 6.38. The van der Waals surface area contributed by atoms with Crippen LogP contribution in [0.25, 0.3) is 0 Å². The zero-order chi connectivity index (χ0) is 10.5. The Hall–Kier alpha value is -0.890. The maximum absolute atomic E-state index is 6.01. The minimum atomic E-state index is -0.461. The molecule has 74 valence electrons. The molecule has 0 aliphatic rings. The van der Waals surface area contributed by atoms with Gasteiger partial charge in [-0.1, -0.05) is 32.6 Å². The Kier molecular flexibility index (Phi) is 4.63. The van der Waals surface area contributed by atoms with Crippen molar-refractivity contribution in [1.29, 1.82) is 0 Å². The molecule has 1 unspecified atom stereocenters. The molecule has 0 rings (SSSR count). The molecule has 0 aromatic carbocycles. The molecule has 0 amide bonds. The quantitative estimate of drug-likeness (QED) is 0.494. The van der Waals surface area contributed by atoms with E-state index in [2.05, 4.69) is 31.8 Å². The van der Waals surface area contributed by atoms with Gasteiger partial charge in [-0.15, -0.1) is 0 Å². The van der Waals surface area contributed by atoms with Crippen LogP contribution >= 0.6 is 0 Å². The van der Waals surface area contributed by atoms with Crippen molar-refractivity contribution in [3.05, 3.63) is 24.8 Å². The number of nitrogens with two attached hydrogens (primary N) is 1. The third kappa shape index (κ3) is 2.52. The fourth-order valence-electron chi connectivity index (χ4n) is 1.26. The highest BCUT2D eigenvalue weighted by molar-refractivity contribution is 5.36. The van der Waals surface area contributed by atoms with E-state index in [4.69, 9.17) is 5.73 Å². The first-order valence-corrected chi connectivity index (χ1v) is 4.58. The van der Waals surface area contributed by atoms with Gasteiger partial charge in [0.25, 0.3) is 0 Å². The van der Waals surface area contributed by atoms with Gasteiger partial charge in [0, 0.05) is 6.04 Å². The SMILES string of the molecule is C=CC(=C)C(C)(N=C)[C@H](N)CCC. The van der Waals surface area contributed by atoms with Gasteiger partial charge in [0.15, 0.2) is 0 Å². The number of nitrogens with zero attached hydrogens (tertiary/aromatic N) is 1. The van der Waals surface area contributed by atoms with Crippen molar-refractivity contribution in [1.82, 2.24) is 0 Å². The lowest BCUT2D eigenvalue weighted by Crippen LogP contribution is -2.44. The molecule has 0 saturated heterocycles. The first-order chi connectivity index (χ1) is 6.02. The second-order valence-electron chi connectivity index (χ2n) is 3.43. The normalized spacial score (nSPS) is 17.2. The lowest BCUT2D eigenvalue weighted by molar-refractivity contribution is 0.420. The first kappa shape index (κ1) is 12.1. The summed E-state index contributed by atoms with van der Waals surface area (Å²) >= 11 is 0. The van der Waals surface area contributed by atoms with E-state index >= 15 is 0 Å². The molecule has 0 heterocycles. The molecule has 2 N–H and O–H groups in total. The summed E-state index contributed by atoms with van der Waals surface area (Å²) in [5.74, 6) is 0. The Bertz CT molecular complexity index is 208. The van der Waals surface area contributed by atoms with Crippen LogP contribution in [-0.2, 0) is 0 Å². The van der Waals surface area contributed by atoms with Gasteiger partial charge in [-0.25, -0.2) is 0 Å². The van der Waals surface area contributed by atoms with E-state index < -0.39 is 5.54 Å². The van der Waals surface area contributed by atoms with Gasteiger partial charge >= 0.3 is 0 Å². The molecule has 2 atom stereocenters. The Labute approximate surface area is 81.2 Å². The Morgan fingerprint density at radius 3 is 2.54 bits per heavy atom. The Morgan fingerprint density at radius 2 is 2.23 bits per heavy atom. The highest BCUT2D eigenvalue weighted by atomic mass is 14.9. The van der Waals surface area contributed by atoms with Gasteiger partial charge in [-0.05, 0) is 25.6 Å². The average Bonchev–Trinajstić information content (AvgIpc) is 2.15. The van der Waals surface area contributed by atoms with Gasteiger partial charge in [-0.3, -0.25) is 4.99 Å². The largest absolute Gasteiger partial charge is 0.325 e. The topological polar surface area (TPSA) is 38.4 Å². The zero-order valence-electron chi connectivity index (χ0n) is 8.71. The van der Waals surface area contributed by atoms with Crippen molar-refractivity contribution in [2.24, 2.45) is 10.7 Å². The molecule has 0 saturated carbocycles. The molecule has 2 heteroatoms. The summed E-state index contributed by atoms with van der Waals surface area (Å²) < 4.78 is 0. The maximum Gasteiger partial charge on any atom is 0.0965 e. The van der Waals surface area contributed by atoms with Crippen molar-refractivity contribution in [3.63, 3.8) is 0 Å². The zero-order valence-corrected chi connectivity index (χ0v) is 8.71. The molecule has 0 spiro atoms.